The number of hydrogen-bond donors (Lipinski definition) is 2. The number of pyridine rings is 2. The molecular weight excluding hydrogens is 568 g/mol. The first-order valence-corrected chi connectivity index (χ1v) is 15.6. The third-order valence-corrected chi connectivity index (χ3v) is 10.0. The van der Waals surface area contributed by atoms with Crippen LogP contribution in [-0.4, -0.2) is 66.5 Å². The number of amides is 2. The van der Waals surface area contributed by atoms with Crippen LogP contribution in [0, 0.1) is 18.8 Å². The summed E-state index contributed by atoms with van der Waals surface area (Å²) in [5.74, 6) is 1.77. The Morgan fingerprint density at radius 1 is 1.02 bits per heavy atom. The Balaban J connectivity index is 1.23. The van der Waals surface area contributed by atoms with Crippen molar-refractivity contribution in [1.29, 1.82) is 0 Å². The first-order chi connectivity index (χ1) is 21.7. The molecule has 45 heavy (non-hydrogen) atoms. The van der Waals surface area contributed by atoms with E-state index in [1.807, 2.05) is 47.7 Å². The average molecular weight is 605 g/mol. The minimum atomic E-state index is -0.557. The molecule has 11 heteroatoms. The highest BCUT2D eigenvalue weighted by Gasteiger charge is 2.47. The van der Waals surface area contributed by atoms with Gasteiger partial charge in [0.25, 0.3) is 11.8 Å². The Kier molecular flexibility index (Phi) is 6.25. The van der Waals surface area contributed by atoms with Gasteiger partial charge in [0, 0.05) is 54.4 Å². The molecule has 4 aromatic heterocycles. The molecule has 1 saturated heterocycles. The van der Waals surface area contributed by atoms with Crippen LogP contribution in [0.25, 0.3) is 44.8 Å². The Hall–Kier alpha value is -4.77. The number of benzene rings is 1. The lowest BCUT2D eigenvalue weighted by Crippen LogP contribution is -2.41. The highest BCUT2D eigenvalue weighted by molar-refractivity contribution is 6.00. The van der Waals surface area contributed by atoms with Crippen molar-refractivity contribution < 1.29 is 14.3 Å². The molecule has 2 bridgehead atoms. The number of imidazole rings is 1. The number of ether oxygens (including phenoxy) is 1. The third-order valence-electron chi connectivity index (χ3n) is 10.0. The van der Waals surface area contributed by atoms with Gasteiger partial charge in [0.1, 0.15) is 22.6 Å². The summed E-state index contributed by atoms with van der Waals surface area (Å²) in [7, 11) is 3.62. The van der Waals surface area contributed by atoms with Crippen molar-refractivity contribution in [3.63, 3.8) is 0 Å². The van der Waals surface area contributed by atoms with Crippen LogP contribution in [0.2, 0.25) is 0 Å². The maximum absolute atomic E-state index is 13.7. The number of likely N-dealkylation sites (tertiary alicyclic amines) is 1. The van der Waals surface area contributed by atoms with E-state index in [4.69, 9.17) is 26.2 Å². The molecule has 0 radical (unpaired) electrons. The maximum Gasteiger partial charge on any atom is 0.267 e. The summed E-state index contributed by atoms with van der Waals surface area (Å²) in [6.45, 7) is 3.39. The molecule has 230 valence electrons. The van der Waals surface area contributed by atoms with Crippen LogP contribution in [0.3, 0.4) is 0 Å². The summed E-state index contributed by atoms with van der Waals surface area (Å²) in [6.07, 6.45) is 4.41. The monoisotopic (exact) mass is 604 g/mol. The molecule has 3 fully saturated rings. The number of fused-ring (bicyclic) bond motifs is 4. The van der Waals surface area contributed by atoms with Crippen LogP contribution in [0.15, 0.2) is 42.5 Å². The summed E-state index contributed by atoms with van der Waals surface area (Å²) >= 11 is 0. The first kappa shape index (κ1) is 27.8. The van der Waals surface area contributed by atoms with Gasteiger partial charge in [0.2, 0.25) is 0 Å². The molecule has 8 rings (SSSR count). The Morgan fingerprint density at radius 3 is 2.51 bits per heavy atom. The third kappa shape index (κ3) is 4.40. The van der Waals surface area contributed by atoms with Gasteiger partial charge in [-0.25, -0.2) is 15.0 Å². The Morgan fingerprint density at radius 2 is 1.84 bits per heavy atom. The second kappa shape index (κ2) is 10.1. The van der Waals surface area contributed by atoms with Crippen LogP contribution in [-0.2, 0) is 13.6 Å². The molecule has 1 aromatic carbocycles. The predicted molar refractivity (Wildman–Crippen MR) is 171 cm³/mol. The number of aromatic nitrogens is 5. The smallest absolute Gasteiger partial charge is 0.267 e. The van der Waals surface area contributed by atoms with Gasteiger partial charge in [0.15, 0.2) is 5.82 Å². The number of nitrogens with two attached hydrogens (primary N) is 2. The fraction of sp³-hybridized carbons (Fsp3) is 0.382. The molecule has 2 aliphatic carbocycles. The van der Waals surface area contributed by atoms with E-state index in [0.29, 0.717) is 40.9 Å². The number of nitrogens with zero attached hydrogens (tertiary/aromatic N) is 6. The average Bonchev–Trinajstić information content (AvgIpc) is 3.44. The number of hydrogen-bond acceptors (Lipinski definition) is 7. The summed E-state index contributed by atoms with van der Waals surface area (Å²) in [4.78, 5) is 41.9. The standard InChI is InChI=1S/C34H36N8O3/c1-17-22(8-10-24(37-17)31(36)43)23-9-6-19-13-27(41(32(19)38-23)15-18-4-5-18)33-39-25-12-21(14-28(45-3)30(25)40(33)2)34(44)42-16-20-7-11-26(42)29(20)35/h6,8-10,12-14,18,20,26,29H,4-5,7,11,15-16,35H2,1-3H3,(H2,36,43)/t20?,26?,29-/m1/s1. The SMILES string of the molecule is COc1cc(C(=O)N2CC3CCC2[C@@H]3N)cc2nc(-c3cc4ccc(-c5ccc(C(N)=O)nc5C)nc4n3CC3CC3)n(C)c12. The molecule has 11 nitrogen and oxygen atoms in total. The highest BCUT2D eigenvalue weighted by atomic mass is 16.5. The van der Waals surface area contributed by atoms with E-state index < -0.39 is 5.91 Å². The quantitative estimate of drug-likeness (QED) is 0.285. The largest absolute Gasteiger partial charge is 0.494 e. The lowest BCUT2D eigenvalue weighted by atomic mass is 10.1. The molecule has 2 saturated carbocycles. The van der Waals surface area contributed by atoms with Crippen LogP contribution in [0.1, 0.15) is 52.2 Å². The van der Waals surface area contributed by atoms with Gasteiger partial charge in [-0.15, -0.1) is 0 Å². The van der Waals surface area contributed by atoms with E-state index in [1.54, 1.807) is 13.2 Å². The van der Waals surface area contributed by atoms with E-state index >= 15 is 0 Å². The van der Waals surface area contributed by atoms with Crippen molar-refractivity contribution in [3.8, 4) is 28.5 Å². The van der Waals surface area contributed by atoms with Crippen LogP contribution >= 0.6 is 0 Å². The maximum atomic E-state index is 13.7. The molecule has 5 heterocycles. The number of methoxy groups -OCH3 is 1. The van der Waals surface area contributed by atoms with E-state index in [9.17, 15) is 9.59 Å². The predicted octanol–water partition coefficient (Wildman–Crippen LogP) is 4.04. The zero-order valence-corrected chi connectivity index (χ0v) is 25.7. The fourth-order valence-corrected chi connectivity index (χ4v) is 7.44. The van der Waals surface area contributed by atoms with E-state index in [1.165, 1.54) is 12.8 Å². The van der Waals surface area contributed by atoms with Crippen molar-refractivity contribution in [2.75, 3.05) is 13.7 Å². The van der Waals surface area contributed by atoms with Gasteiger partial charge >= 0.3 is 0 Å². The minimum Gasteiger partial charge on any atom is -0.494 e. The van der Waals surface area contributed by atoms with Crippen molar-refractivity contribution in [3.05, 3.63) is 59.4 Å². The summed E-state index contributed by atoms with van der Waals surface area (Å²) in [6, 6.07) is 13.5. The van der Waals surface area contributed by atoms with Crippen molar-refractivity contribution in [2.45, 2.75) is 51.2 Å². The van der Waals surface area contributed by atoms with Crippen molar-refractivity contribution in [2.24, 2.45) is 30.4 Å². The molecule has 1 aliphatic heterocycles. The highest BCUT2D eigenvalue weighted by Crippen LogP contribution is 2.40. The summed E-state index contributed by atoms with van der Waals surface area (Å²) in [5, 5.41) is 1.00. The van der Waals surface area contributed by atoms with Gasteiger partial charge in [-0.05, 0) is 86.9 Å². The van der Waals surface area contributed by atoms with Gasteiger partial charge in [-0.2, -0.15) is 0 Å². The lowest BCUT2D eigenvalue weighted by Gasteiger charge is -2.27. The van der Waals surface area contributed by atoms with Crippen molar-refractivity contribution in [1.82, 2.24) is 29.0 Å². The van der Waals surface area contributed by atoms with E-state index in [2.05, 4.69) is 21.7 Å². The molecule has 4 N–H and O–H groups in total. The molecule has 3 aliphatic rings. The summed E-state index contributed by atoms with van der Waals surface area (Å²) < 4.78 is 10.2. The molecule has 2 unspecified atom stereocenters. The first-order valence-electron chi connectivity index (χ1n) is 15.6. The van der Waals surface area contributed by atoms with Gasteiger partial charge < -0.3 is 30.2 Å². The number of carbonyl (C=O) groups is 2. The molecular formula is C34H36N8O3. The number of aryl methyl sites for hydroxylation is 2. The number of primary amides is 1. The number of carbonyl (C=O) groups excluding carboxylic acids is 2. The van der Waals surface area contributed by atoms with Crippen LogP contribution in [0.5, 0.6) is 5.75 Å². The number of piperidine rings is 1. The lowest BCUT2D eigenvalue weighted by molar-refractivity contribution is 0.0700. The second-order valence-electron chi connectivity index (χ2n) is 12.9. The van der Waals surface area contributed by atoms with E-state index in [-0.39, 0.29) is 23.7 Å². The zero-order valence-electron chi connectivity index (χ0n) is 25.7. The Labute approximate surface area is 260 Å². The topological polar surface area (TPSA) is 147 Å². The molecule has 3 atom stereocenters. The van der Waals surface area contributed by atoms with Crippen LogP contribution < -0.4 is 16.2 Å². The molecule has 5 aromatic rings. The zero-order chi connectivity index (χ0) is 31.1. The van der Waals surface area contributed by atoms with E-state index in [0.717, 1.165) is 58.7 Å². The summed E-state index contributed by atoms with van der Waals surface area (Å²) in [5.41, 5.74) is 18.3. The van der Waals surface area contributed by atoms with Gasteiger partial charge in [0.05, 0.1) is 24.0 Å². The van der Waals surface area contributed by atoms with Gasteiger partial charge in [-0.3, -0.25) is 9.59 Å². The number of rotatable bonds is 7. The molecule has 0 spiro atoms. The fourth-order valence-electron chi connectivity index (χ4n) is 7.44. The van der Waals surface area contributed by atoms with Crippen LogP contribution in [0.4, 0.5) is 0 Å². The minimum absolute atomic E-state index is 0.0155. The van der Waals surface area contributed by atoms with Gasteiger partial charge in [-0.1, -0.05) is 0 Å². The Bertz CT molecular complexity index is 2040. The second-order valence-corrected chi connectivity index (χ2v) is 12.9. The molecule has 2 amide bonds. The van der Waals surface area contributed by atoms with Crippen molar-refractivity contribution >= 4 is 33.9 Å². The normalized spacial score (nSPS) is 20.9.